The van der Waals surface area contributed by atoms with Gasteiger partial charge in [0.1, 0.15) is 5.78 Å². The van der Waals surface area contributed by atoms with Crippen LogP contribution in [0.15, 0.2) is 48.9 Å². The van der Waals surface area contributed by atoms with Crippen molar-refractivity contribution in [2.24, 2.45) is 17.8 Å². The molecule has 0 aliphatic heterocycles. The lowest BCUT2D eigenvalue weighted by atomic mass is 9.66. The lowest BCUT2D eigenvalue weighted by Crippen LogP contribution is -2.46. The maximum Gasteiger partial charge on any atom is 0.455 e. The number of nitrogens with one attached hydrogen (secondary N) is 1. The molecular formula is C28H40BN3O5. The molecule has 0 saturated carbocycles. The molecule has 2 aromatic rings. The molecule has 0 spiro atoms. The summed E-state index contributed by atoms with van der Waals surface area (Å²) in [6.07, 6.45) is 5.87. The van der Waals surface area contributed by atoms with Crippen LogP contribution in [0.5, 0.6) is 0 Å². The average molecular weight is 509 g/mol. The summed E-state index contributed by atoms with van der Waals surface area (Å²) < 4.78 is 0. The molecule has 8 nitrogen and oxygen atoms in total. The molecule has 0 unspecified atom stereocenters. The molecule has 0 saturated heterocycles. The molecule has 3 atom stereocenters. The number of Topliss-reactive ketones (excluding diaryl/α,β-unsaturated/α-hetero) is 2. The second kappa shape index (κ2) is 15.4. The predicted octanol–water partition coefficient (Wildman–Crippen LogP) is 3.22. The highest BCUT2D eigenvalue weighted by atomic mass is 16.4. The molecule has 0 radical (unpaired) electrons. The summed E-state index contributed by atoms with van der Waals surface area (Å²) in [6.45, 7) is 7.88. The quantitative estimate of drug-likeness (QED) is 0.296. The van der Waals surface area contributed by atoms with Gasteiger partial charge in [-0.2, -0.15) is 0 Å². The molecule has 0 aliphatic carbocycles. The third-order valence-corrected chi connectivity index (χ3v) is 6.24. The van der Waals surface area contributed by atoms with E-state index in [0.717, 1.165) is 5.56 Å². The van der Waals surface area contributed by atoms with Crippen molar-refractivity contribution < 1.29 is 24.4 Å². The second-order valence-corrected chi connectivity index (χ2v) is 10.7. The summed E-state index contributed by atoms with van der Waals surface area (Å²) in [5.41, 5.74) is 1.44. The fourth-order valence-electron chi connectivity index (χ4n) is 4.48. The van der Waals surface area contributed by atoms with Crippen LogP contribution in [0.25, 0.3) is 0 Å². The van der Waals surface area contributed by atoms with Crippen LogP contribution in [-0.2, 0) is 27.2 Å². The Labute approximate surface area is 220 Å². The third-order valence-electron chi connectivity index (χ3n) is 6.24. The van der Waals surface area contributed by atoms with E-state index in [1.807, 2.05) is 58.0 Å². The molecule has 1 aromatic heterocycles. The van der Waals surface area contributed by atoms with E-state index >= 15 is 0 Å². The summed E-state index contributed by atoms with van der Waals surface area (Å²) in [7, 11) is -1.60. The maximum atomic E-state index is 13.5. The van der Waals surface area contributed by atoms with E-state index in [4.69, 9.17) is 0 Å². The molecule has 1 amide bonds. The number of rotatable bonds is 16. The van der Waals surface area contributed by atoms with E-state index in [0.29, 0.717) is 25.0 Å². The number of hydrogen-bond donors (Lipinski definition) is 3. The first kappa shape index (κ1) is 30.3. The largest absolute Gasteiger partial charge is 0.455 e. The minimum Gasteiger partial charge on any atom is -0.427 e. The van der Waals surface area contributed by atoms with Gasteiger partial charge in [-0.15, -0.1) is 0 Å². The zero-order valence-corrected chi connectivity index (χ0v) is 22.3. The number of carbonyl (C=O) groups excluding carboxylic acids is 3. The summed E-state index contributed by atoms with van der Waals surface area (Å²) in [5.74, 6) is -1.65. The summed E-state index contributed by atoms with van der Waals surface area (Å²) >= 11 is 0. The van der Waals surface area contributed by atoms with Crippen LogP contribution in [0, 0.1) is 17.8 Å². The SMILES string of the molecule is CC(C)C[C@H](CC(=O)C[C@@H](Cc1ccccc1)C(=O)N[C@@H](CC(C)C)C(=O)Cc1cnccn1)B(O)O. The fourth-order valence-corrected chi connectivity index (χ4v) is 4.48. The first-order valence-corrected chi connectivity index (χ1v) is 13.0. The van der Waals surface area contributed by atoms with Gasteiger partial charge >= 0.3 is 7.12 Å². The predicted molar refractivity (Wildman–Crippen MR) is 143 cm³/mol. The van der Waals surface area contributed by atoms with Gasteiger partial charge in [-0.1, -0.05) is 58.0 Å². The Hall–Kier alpha value is -2.91. The molecule has 3 N–H and O–H groups in total. The van der Waals surface area contributed by atoms with Gasteiger partial charge in [0.2, 0.25) is 5.91 Å². The van der Waals surface area contributed by atoms with E-state index in [1.54, 1.807) is 0 Å². The maximum absolute atomic E-state index is 13.5. The van der Waals surface area contributed by atoms with Gasteiger partial charge in [0.05, 0.1) is 18.2 Å². The van der Waals surface area contributed by atoms with Crippen LogP contribution in [-0.4, -0.2) is 50.6 Å². The first-order valence-electron chi connectivity index (χ1n) is 13.0. The minimum atomic E-state index is -1.60. The van der Waals surface area contributed by atoms with Gasteiger partial charge in [-0.25, -0.2) is 0 Å². The van der Waals surface area contributed by atoms with Gasteiger partial charge in [0.15, 0.2) is 5.78 Å². The summed E-state index contributed by atoms with van der Waals surface area (Å²) in [5, 5.41) is 22.4. The number of amides is 1. The fraction of sp³-hybridized carbons (Fsp3) is 0.536. The van der Waals surface area contributed by atoms with Crippen LogP contribution >= 0.6 is 0 Å². The van der Waals surface area contributed by atoms with Crippen molar-refractivity contribution in [2.45, 2.75) is 78.1 Å². The molecule has 200 valence electrons. The Morgan fingerprint density at radius 3 is 2.19 bits per heavy atom. The number of benzene rings is 1. The van der Waals surface area contributed by atoms with Gasteiger partial charge in [-0.3, -0.25) is 24.4 Å². The van der Waals surface area contributed by atoms with Crippen molar-refractivity contribution in [3.63, 3.8) is 0 Å². The molecule has 0 fully saturated rings. The number of ketones is 2. The Balaban J connectivity index is 2.19. The van der Waals surface area contributed by atoms with Crippen LogP contribution in [0.1, 0.15) is 64.6 Å². The van der Waals surface area contributed by atoms with Crippen molar-refractivity contribution in [1.82, 2.24) is 15.3 Å². The first-order chi connectivity index (χ1) is 17.5. The Kier molecular flexibility index (Phi) is 12.6. The monoisotopic (exact) mass is 509 g/mol. The van der Waals surface area contributed by atoms with Crippen LogP contribution in [0.3, 0.4) is 0 Å². The average Bonchev–Trinajstić information content (AvgIpc) is 2.83. The van der Waals surface area contributed by atoms with Crippen molar-refractivity contribution in [1.29, 1.82) is 0 Å². The van der Waals surface area contributed by atoms with Crippen LogP contribution < -0.4 is 5.32 Å². The third kappa shape index (κ3) is 11.4. The highest BCUT2D eigenvalue weighted by molar-refractivity contribution is 6.43. The van der Waals surface area contributed by atoms with E-state index in [1.165, 1.54) is 18.6 Å². The molecule has 9 heteroatoms. The van der Waals surface area contributed by atoms with Gasteiger partial charge in [0.25, 0.3) is 0 Å². The van der Waals surface area contributed by atoms with E-state index in [9.17, 15) is 24.4 Å². The Morgan fingerprint density at radius 1 is 0.946 bits per heavy atom. The Bertz CT molecular complexity index is 986. The zero-order chi connectivity index (χ0) is 27.4. The van der Waals surface area contributed by atoms with Crippen LogP contribution in [0.2, 0.25) is 5.82 Å². The lowest BCUT2D eigenvalue weighted by molar-refractivity contribution is -0.132. The smallest absolute Gasteiger partial charge is 0.427 e. The highest BCUT2D eigenvalue weighted by Crippen LogP contribution is 2.25. The van der Waals surface area contributed by atoms with Crippen molar-refractivity contribution in [2.75, 3.05) is 0 Å². The van der Waals surface area contributed by atoms with Gasteiger partial charge < -0.3 is 15.4 Å². The normalized spacial score (nSPS) is 13.7. The van der Waals surface area contributed by atoms with Crippen molar-refractivity contribution in [3.8, 4) is 0 Å². The minimum absolute atomic E-state index is 0.0184. The summed E-state index contributed by atoms with van der Waals surface area (Å²) in [6, 6.07) is 8.71. The summed E-state index contributed by atoms with van der Waals surface area (Å²) in [4.78, 5) is 47.8. The topological polar surface area (TPSA) is 129 Å². The zero-order valence-electron chi connectivity index (χ0n) is 22.3. The molecular weight excluding hydrogens is 469 g/mol. The van der Waals surface area contributed by atoms with Gasteiger partial charge in [-0.05, 0) is 36.7 Å². The molecule has 0 bridgehead atoms. The number of nitrogens with zero attached hydrogens (tertiary/aromatic N) is 2. The van der Waals surface area contributed by atoms with E-state index in [-0.39, 0.29) is 48.6 Å². The van der Waals surface area contributed by atoms with Crippen molar-refractivity contribution in [3.05, 3.63) is 60.2 Å². The van der Waals surface area contributed by atoms with Gasteiger partial charge in [0, 0.05) is 43.2 Å². The lowest BCUT2D eigenvalue weighted by Gasteiger charge is -2.24. The molecule has 2 rings (SSSR count). The molecule has 1 heterocycles. The van der Waals surface area contributed by atoms with E-state index in [2.05, 4.69) is 15.3 Å². The molecule has 1 aromatic carbocycles. The molecule has 0 aliphatic rings. The second-order valence-electron chi connectivity index (χ2n) is 10.7. The highest BCUT2D eigenvalue weighted by Gasteiger charge is 2.31. The Morgan fingerprint density at radius 2 is 1.62 bits per heavy atom. The van der Waals surface area contributed by atoms with E-state index < -0.39 is 24.9 Å². The molecule has 37 heavy (non-hydrogen) atoms. The van der Waals surface area contributed by atoms with Crippen LogP contribution in [0.4, 0.5) is 0 Å². The number of hydrogen-bond acceptors (Lipinski definition) is 7. The number of carbonyl (C=O) groups is 3. The van der Waals surface area contributed by atoms with Crippen molar-refractivity contribution >= 4 is 24.6 Å². The number of aromatic nitrogens is 2. The standard InChI is InChI=1S/C28H40BN3O5/c1-19(2)12-23(29(36)37)16-25(33)15-22(14-21-8-6-5-7-9-21)28(35)32-26(13-20(3)4)27(34)17-24-18-30-10-11-31-24/h5-11,18-20,22-23,26,36-37H,12-17H2,1-4H3,(H,32,35)/t22-,23-,26+/m1/s1.